The Bertz CT molecular complexity index is 2210. The number of alkyl halides is 1. The number of aromatic amines is 1. The van der Waals surface area contributed by atoms with Crippen LogP contribution < -0.4 is 5.73 Å². The number of allylic oxidation sites excluding steroid dienone is 3. The smallest absolute Gasteiger partial charge is 0.253 e. The van der Waals surface area contributed by atoms with Crippen LogP contribution in [0.2, 0.25) is 0 Å². The first-order valence-corrected chi connectivity index (χ1v) is 16.0. The molecule has 1 aliphatic carbocycles. The van der Waals surface area contributed by atoms with Gasteiger partial charge in [0.05, 0.1) is 40.5 Å². The van der Waals surface area contributed by atoms with Crippen LogP contribution >= 0.6 is 0 Å². The van der Waals surface area contributed by atoms with Crippen molar-refractivity contribution >= 4 is 49.5 Å². The van der Waals surface area contributed by atoms with Crippen molar-refractivity contribution in [1.29, 1.82) is 0 Å². The molecule has 11 nitrogen and oxygen atoms in total. The maximum absolute atomic E-state index is 14.2. The Morgan fingerprint density at radius 1 is 1.11 bits per heavy atom. The van der Waals surface area contributed by atoms with E-state index >= 15 is 0 Å². The number of nitrogens with one attached hydrogen (secondary N) is 1. The minimum absolute atomic E-state index is 0.00685. The van der Waals surface area contributed by atoms with Crippen molar-refractivity contribution < 1.29 is 22.4 Å². The standard InChI is InChI=1S/C32H30FN7O4S/c1-18-3-7-24(8-4-18)45(43,44)40-28-10-5-20(32(42)38-12-11-22(33)17-38)13-21(28)14-29(40)30(41)25-16-35-39(31(25)34)23-6-9-26-27(15-23)37-19(2)36-26/h3-7,9-10,13-16,22,24H,8,11-12,17,34H2,1-2H3,(H,36,37)/t22-,24?/m0/s1. The normalized spacial score (nSPS) is 18.6. The quantitative estimate of drug-likeness (QED) is 0.264. The number of benzene rings is 2. The van der Waals surface area contributed by atoms with Gasteiger partial charge in [-0.15, -0.1) is 0 Å². The number of carbonyl (C=O) groups is 2. The third-order valence-electron chi connectivity index (χ3n) is 8.42. The van der Waals surface area contributed by atoms with Gasteiger partial charge in [-0.2, -0.15) is 5.10 Å². The van der Waals surface area contributed by atoms with E-state index in [0.29, 0.717) is 23.1 Å². The summed E-state index contributed by atoms with van der Waals surface area (Å²) in [5, 5.41) is 3.81. The zero-order valence-electron chi connectivity index (χ0n) is 24.6. The molecular formula is C32H30FN7O4S. The summed E-state index contributed by atoms with van der Waals surface area (Å²) < 4.78 is 44.6. The van der Waals surface area contributed by atoms with Crippen LogP contribution in [0.1, 0.15) is 52.0 Å². The van der Waals surface area contributed by atoms with Crippen molar-refractivity contribution in [2.24, 2.45) is 0 Å². The SMILES string of the molecule is CC1=CCC(S(=O)(=O)n2c(C(=O)c3cnn(-c4ccc5[nH]c(C)nc5c4)c3N)cc3cc(C(=O)N4CC[C@H](F)C4)ccc32)C=C1. The second kappa shape index (κ2) is 10.5. The Kier molecular flexibility index (Phi) is 6.73. The van der Waals surface area contributed by atoms with Gasteiger partial charge in [0.1, 0.15) is 28.8 Å². The highest BCUT2D eigenvalue weighted by Crippen LogP contribution is 2.31. The Balaban J connectivity index is 1.33. The molecule has 2 atom stereocenters. The molecule has 3 N–H and O–H groups in total. The van der Waals surface area contributed by atoms with Gasteiger partial charge in [0.15, 0.2) is 0 Å². The third-order valence-corrected chi connectivity index (χ3v) is 10.4. The Labute approximate surface area is 257 Å². The summed E-state index contributed by atoms with van der Waals surface area (Å²) in [6.07, 6.45) is 5.93. The van der Waals surface area contributed by atoms with Crippen molar-refractivity contribution in [3.05, 3.63) is 95.1 Å². The molecule has 45 heavy (non-hydrogen) atoms. The number of nitrogens with zero attached hydrogens (tertiary/aromatic N) is 5. The van der Waals surface area contributed by atoms with Crippen molar-refractivity contribution in [3.63, 3.8) is 0 Å². The molecule has 0 radical (unpaired) electrons. The van der Waals surface area contributed by atoms with E-state index in [-0.39, 0.29) is 53.4 Å². The van der Waals surface area contributed by atoms with Crippen molar-refractivity contribution in [2.75, 3.05) is 18.8 Å². The lowest BCUT2D eigenvalue weighted by Gasteiger charge is -2.19. The molecule has 2 aliphatic rings. The number of hydrogen-bond donors (Lipinski definition) is 2. The lowest BCUT2D eigenvalue weighted by molar-refractivity contribution is 0.0782. The summed E-state index contributed by atoms with van der Waals surface area (Å²) in [4.78, 5) is 36.4. The van der Waals surface area contributed by atoms with Crippen molar-refractivity contribution in [1.82, 2.24) is 28.6 Å². The first kappa shape index (κ1) is 28.7. The number of nitrogens with two attached hydrogens (primary N) is 1. The first-order chi connectivity index (χ1) is 21.5. The number of hydrogen-bond acceptors (Lipinski definition) is 7. The van der Waals surface area contributed by atoms with Gasteiger partial charge in [-0.3, -0.25) is 9.59 Å². The summed E-state index contributed by atoms with van der Waals surface area (Å²) in [7, 11) is -4.15. The minimum atomic E-state index is -4.15. The van der Waals surface area contributed by atoms with Gasteiger partial charge in [0.25, 0.3) is 5.91 Å². The number of aryl methyl sites for hydroxylation is 1. The number of likely N-dealkylation sites (tertiary alicyclic amines) is 1. The van der Waals surface area contributed by atoms with E-state index in [1.807, 2.05) is 26.0 Å². The molecule has 0 bridgehead atoms. The number of ketones is 1. The highest BCUT2D eigenvalue weighted by atomic mass is 32.2. The average Bonchev–Trinajstić information content (AvgIpc) is 3.80. The zero-order chi connectivity index (χ0) is 31.6. The number of amides is 1. The Morgan fingerprint density at radius 3 is 2.67 bits per heavy atom. The van der Waals surface area contributed by atoms with E-state index in [1.54, 1.807) is 30.4 Å². The maximum Gasteiger partial charge on any atom is 0.253 e. The maximum atomic E-state index is 14.2. The largest absolute Gasteiger partial charge is 0.383 e. The van der Waals surface area contributed by atoms with Gasteiger partial charge in [-0.1, -0.05) is 23.8 Å². The van der Waals surface area contributed by atoms with Crippen LogP contribution in [0.25, 0.3) is 27.6 Å². The van der Waals surface area contributed by atoms with Gasteiger partial charge in [-0.25, -0.2) is 26.4 Å². The number of nitrogen functional groups attached to an aromatic ring is 1. The van der Waals surface area contributed by atoms with E-state index < -0.39 is 27.2 Å². The van der Waals surface area contributed by atoms with E-state index in [0.717, 1.165) is 20.9 Å². The number of fused-ring (bicyclic) bond motifs is 2. The number of anilines is 1. The van der Waals surface area contributed by atoms with E-state index in [9.17, 15) is 22.4 Å². The lowest BCUT2D eigenvalue weighted by atomic mass is 10.1. The first-order valence-electron chi connectivity index (χ1n) is 14.5. The topological polar surface area (TPSA) is 149 Å². The number of rotatable bonds is 6. The van der Waals surface area contributed by atoms with Crippen LogP contribution in [-0.2, 0) is 10.0 Å². The molecule has 1 amide bonds. The lowest BCUT2D eigenvalue weighted by Crippen LogP contribution is -2.29. The van der Waals surface area contributed by atoms with Crippen LogP contribution in [0, 0.1) is 6.92 Å². The number of halogens is 1. The summed E-state index contributed by atoms with van der Waals surface area (Å²) >= 11 is 0. The molecule has 1 unspecified atom stereocenters. The second-order valence-electron chi connectivity index (χ2n) is 11.5. The monoisotopic (exact) mass is 627 g/mol. The fourth-order valence-electron chi connectivity index (χ4n) is 6.03. The molecule has 0 saturated carbocycles. The predicted molar refractivity (Wildman–Crippen MR) is 169 cm³/mol. The Morgan fingerprint density at radius 2 is 1.93 bits per heavy atom. The van der Waals surface area contributed by atoms with Gasteiger partial charge >= 0.3 is 0 Å². The fourth-order valence-corrected chi connectivity index (χ4v) is 7.77. The minimum Gasteiger partial charge on any atom is -0.383 e. The fraction of sp³-hybridized carbons (Fsp3) is 0.250. The van der Waals surface area contributed by atoms with Crippen molar-refractivity contribution in [3.8, 4) is 5.69 Å². The molecule has 3 aromatic heterocycles. The zero-order valence-corrected chi connectivity index (χ0v) is 25.4. The summed E-state index contributed by atoms with van der Waals surface area (Å²) in [6, 6.07) is 11.4. The van der Waals surface area contributed by atoms with E-state index in [4.69, 9.17) is 5.73 Å². The summed E-state index contributed by atoms with van der Waals surface area (Å²) in [6.45, 7) is 4.03. The molecule has 4 heterocycles. The third kappa shape index (κ3) is 4.83. The molecule has 1 fully saturated rings. The number of aromatic nitrogens is 5. The van der Waals surface area contributed by atoms with Crippen LogP contribution in [0.4, 0.5) is 10.2 Å². The predicted octanol–water partition coefficient (Wildman–Crippen LogP) is 4.46. The number of imidazole rings is 1. The molecule has 0 spiro atoms. The Hall–Kier alpha value is -5.04. The van der Waals surface area contributed by atoms with Gasteiger partial charge in [0, 0.05) is 17.5 Å². The number of H-pyrrole nitrogens is 1. The van der Waals surface area contributed by atoms with Crippen LogP contribution in [0.3, 0.4) is 0 Å². The molecule has 7 rings (SSSR count). The van der Waals surface area contributed by atoms with Gasteiger partial charge in [0.2, 0.25) is 15.8 Å². The molecule has 1 aliphatic heterocycles. The van der Waals surface area contributed by atoms with Crippen molar-refractivity contribution in [2.45, 2.75) is 38.1 Å². The number of carbonyl (C=O) groups excluding carboxylic acids is 2. The van der Waals surface area contributed by atoms with Gasteiger partial charge < -0.3 is 15.6 Å². The van der Waals surface area contributed by atoms with E-state index in [2.05, 4.69) is 15.1 Å². The van der Waals surface area contributed by atoms with Gasteiger partial charge in [-0.05, 0) is 69.2 Å². The summed E-state index contributed by atoms with van der Waals surface area (Å²) in [5.41, 5.74) is 9.93. The van der Waals surface area contributed by atoms with Crippen LogP contribution in [0.5, 0.6) is 0 Å². The summed E-state index contributed by atoms with van der Waals surface area (Å²) in [5.74, 6) is -0.223. The van der Waals surface area contributed by atoms with Crippen LogP contribution in [-0.4, -0.2) is 73.2 Å². The highest BCUT2D eigenvalue weighted by Gasteiger charge is 2.34. The highest BCUT2D eigenvalue weighted by molar-refractivity contribution is 7.91. The molecule has 5 aromatic rings. The van der Waals surface area contributed by atoms with E-state index in [1.165, 1.54) is 34.0 Å². The second-order valence-corrected chi connectivity index (χ2v) is 13.5. The van der Waals surface area contributed by atoms with Crippen LogP contribution in [0.15, 0.2) is 72.5 Å². The molecule has 2 aromatic carbocycles. The average molecular weight is 628 g/mol. The molecular weight excluding hydrogens is 597 g/mol. The molecule has 1 saturated heterocycles. The molecule has 230 valence electrons. The molecule has 13 heteroatoms.